The lowest BCUT2D eigenvalue weighted by Crippen LogP contribution is -2.27. The van der Waals surface area contributed by atoms with E-state index in [1.807, 2.05) is 17.4 Å². The Hall–Kier alpha value is -1.65. The molecule has 1 heterocycles. The molecule has 0 aliphatic rings. The molecule has 0 aliphatic heterocycles. The summed E-state index contributed by atoms with van der Waals surface area (Å²) in [5, 5.41) is 8.81. The third-order valence-corrected chi connectivity index (χ3v) is 4.59. The van der Waals surface area contributed by atoms with Crippen LogP contribution in [0, 0.1) is 6.92 Å². The molecule has 22 heavy (non-hydrogen) atoms. The Morgan fingerprint density at radius 3 is 2.55 bits per heavy atom. The standard InChI is InChI=1S/C18H23NO2S/c1-15-9-10-17(22-15)14-19(12-5-8-18(20)21)13-11-16-6-3-2-4-7-16/h2-4,6-7,9-10H,5,8,11-14H2,1H3,(H,20,21). The fourth-order valence-electron chi connectivity index (χ4n) is 2.45. The SMILES string of the molecule is Cc1ccc(CN(CCCC(=O)O)CCc2ccccc2)s1. The number of rotatable bonds is 9. The van der Waals surface area contributed by atoms with Crippen LogP contribution in [0.1, 0.15) is 28.2 Å². The maximum atomic E-state index is 10.7. The Labute approximate surface area is 136 Å². The van der Waals surface area contributed by atoms with Crippen molar-refractivity contribution in [3.8, 4) is 0 Å². The number of aryl methyl sites for hydroxylation is 1. The second kappa shape index (κ2) is 8.71. The lowest BCUT2D eigenvalue weighted by molar-refractivity contribution is -0.137. The van der Waals surface area contributed by atoms with E-state index in [1.54, 1.807) is 0 Å². The minimum absolute atomic E-state index is 0.241. The quantitative estimate of drug-likeness (QED) is 0.761. The second-order valence-electron chi connectivity index (χ2n) is 5.52. The van der Waals surface area contributed by atoms with Gasteiger partial charge in [-0.05, 0) is 44.0 Å². The summed E-state index contributed by atoms with van der Waals surface area (Å²) in [5.74, 6) is -0.713. The van der Waals surface area contributed by atoms with Crippen molar-refractivity contribution in [3.05, 3.63) is 57.8 Å². The Bertz CT molecular complexity index is 580. The average molecular weight is 317 g/mol. The maximum Gasteiger partial charge on any atom is 0.303 e. The lowest BCUT2D eigenvalue weighted by atomic mass is 10.1. The highest BCUT2D eigenvalue weighted by Gasteiger charge is 2.09. The summed E-state index contributed by atoms with van der Waals surface area (Å²) in [7, 11) is 0. The fraction of sp³-hybridized carbons (Fsp3) is 0.389. The molecule has 3 nitrogen and oxygen atoms in total. The first-order valence-corrected chi connectivity index (χ1v) is 8.48. The van der Waals surface area contributed by atoms with Crippen molar-refractivity contribution in [2.75, 3.05) is 13.1 Å². The van der Waals surface area contributed by atoms with Gasteiger partial charge in [0.15, 0.2) is 0 Å². The van der Waals surface area contributed by atoms with Gasteiger partial charge in [-0.1, -0.05) is 30.3 Å². The van der Waals surface area contributed by atoms with Gasteiger partial charge in [0.05, 0.1) is 0 Å². The van der Waals surface area contributed by atoms with Gasteiger partial charge in [0.2, 0.25) is 0 Å². The highest BCUT2D eigenvalue weighted by molar-refractivity contribution is 7.11. The molecule has 2 rings (SSSR count). The Kier molecular flexibility index (Phi) is 6.62. The molecule has 0 aliphatic carbocycles. The summed E-state index contributed by atoms with van der Waals surface area (Å²) in [6, 6.07) is 14.8. The molecule has 4 heteroatoms. The van der Waals surface area contributed by atoms with Crippen LogP contribution < -0.4 is 0 Å². The van der Waals surface area contributed by atoms with E-state index in [4.69, 9.17) is 5.11 Å². The lowest BCUT2D eigenvalue weighted by Gasteiger charge is -2.21. The van der Waals surface area contributed by atoms with Crippen LogP contribution in [0.4, 0.5) is 0 Å². The van der Waals surface area contributed by atoms with Gasteiger partial charge in [-0.25, -0.2) is 0 Å². The molecule has 0 fully saturated rings. The Morgan fingerprint density at radius 2 is 1.91 bits per heavy atom. The van der Waals surface area contributed by atoms with Crippen molar-refractivity contribution in [2.45, 2.75) is 32.7 Å². The maximum absolute atomic E-state index is 10.7. The molecule has 0 spiro atoms. The van der Waals surface area contributed by atoms with E-state index in [0.717, 1.165) is 26.1 Å². The number of hydrogen-bond donors (Lipinski definition) is 1. The zero-order chi connectivity index (χ0) is 15.8. The van der Waals surface area contributed by atoms with Gasteiger partial charge in [-0.3, -0.25) is 9.69 Å². The molecule has 1 aromatic carbocycles. The third kappa shape index (κ3) is 6.00. The van der Waals surface area contributed by atoms with E-state index < -0.39 is 5.97 Å². The van der Waals surface area contributed by atoms with Crippen LogP contribution in [0.15, 0.2) is 42.5 Å². The highest BCUT2D eigenvalue weighted by atomic mass is 32.1. The molecule has 0 amide bonds. The summed E-state index contributed by atoms with van der Waals surface area (Å²) in [4.78, 5) is 15.7. The second-order valence-corrected chi connectivity index (χ2v) is 6.89. The molecule has 118 valence electrons. The molecule has 2 aromatic rings. The van der Waals surface area contributed by atoms with Crippen LogP contribution in [-0.4, -0.2) is 29.1 Å². The summed E-state index contributed by atoms with van der Waals surface area (Å²) >= 11 is 1.82. The number of aliphatic carboxylic acids is 1. The van der Waals surface area contributed by atoms with Crippen LogP contribution in [0.3, 0.4) is 0 Å². The molecular weight excluding hydrogens is 294 g/mol. The third-order valence-electron chi connectivity index (χ3n) is 3.60. The van der Waals surface area contributed by atoms with E-state index in [0.29, 0.717) is 6.42 Å². The molecule has 0 saturated heterocycles. The first-order chi connectivity index (χ1) is 10.6. The summed E-state index contributed by atoms with van der Waals surface area (Å²) in [5.41, 5.74) is 1.33. The van der Waals surface area contributed by atoms with Crippen LogP contribution in [0.25, 0.3) is 0 Å². The van der Waals surface area contributed by atoms with Crippen LogP contribution in [0.2, 0.25) is 0 Å². The Balaban J connectivity index is 1.89. The number of thiophene rings is 1. The molecular formula is C18H23NO2S. The first kappa shape index (κ1) is 16.7. The first-order valence-electron chi connectivity index (χ1n) is 7.67. The van der Waals surface area contributed by atoms with E-state index in [9.17, 15) is 4.79 Å². The average Bonchev–Trinajstić information content (AvgIpc) is 2.90. The minimum atomic E-state index is -0.713. The van der Waals surface area contributed by atoms with Crippen molar-refractivity contribution in [3.63, 3.8) is 0 Å². The van der Waals surface area contributed by atoms with Crippen LogP contribution in [-0.2, 0) is 17.8 Å². The topological polar surface area (TPSA) is 40.5 Å². The smallest absolute Gasteiger partial charge is 0.303 e. The monoisotopic (exact) mass is 317 g/mol. The van der Waals surface area contributed by atoms with Gasteiger partial charge in [0.25, 0.3) is 0 Å². The van der Waals surface area contributed by atoms with E-state index in [1.165, 1.54) is 15.3 Å². The van der Waals surface area contributed by atoms with Crippen molar-refractivity contribution in [1.29, 1.82) is 0 Å². The van der Waals surface area contributed by atoms with Crippen molar-refractivity contribution < 1.29 is 9.90 Å². The Morgan fingerprint density at radius 1 is 1.14 bits per heavy atom. The molecule has 0 radical (unpaired) electrons. The summed E-state index contributed by atoms with van der Waals surface area (Å²) < 4.78 is 0. The highest BCUT2D eigenvalue weighted by Crippen LogP contribution is 2.17. The van der Waals surface area contributed by atoms with Gasteiger partial charge in [-0.2, -0.15) is 0 Å². The normalized spacial score (nSPS) is 11.0. The molecule has 1 aromatic heterocycles. The van der Waals surface area contributed by atoms with Gasteiger partial charge in [0.1, 0.15) is 0 Å². The zero-order valence-corrected chi connectivity index (χ0v) is 13.8. The predicted molar refractivity (Wildman–Crippen MR) is 91.3 cm³/mol. The number of carboxylic acids is 1. The molecule has 1 N–H and O–H groups in total. The van der Waals surface area contributed by atoms with Gasteiger partial charge < -0.3 is 5.11 Å². The molecule has 0 atom stereocenters. The van der Waals surface area contributed by atoms with Gasteiger partial charge >= 0.3 is 5.97 Å². The van der Waals surface area contributed by atoms with E-state index >= 15 is 0 Å². The predicted octanol–water partition coefficient (Wildman–Crippen LogP) is 3.97. The number of benzene rings is 1. The molecule has 0 unspecified atom stereocenters. The van der Waals surface area contributed by atoms with E-state index in [2.05, 4.69) is 48.2 Å². The summed E-state index contributed by atoms with van der Waals surface area (Å²) in [6.45, 7) is 4.81. The molecule has 0 bridgehead atoms. The van der Waals surface area contributed by atoms with Gasteiger partial charge in [-0.15, -0.1) is 11.3 Å². The number of nitrogens with zero attached hydrogens (tertiary/aromatic N) is 1. The van der Waals surface area contributed by atoms with Gasteiger partial charge in [0, 0.05) is 29.3 Å². The fourth-order valence-corrected chi connectivity index (χ4v) is 3.38. The van der Waals surface area contributed by atoms with Crippen LogP contribution >= 0.6 is 11.3 Å². The zero-order valence-electron chi connectivity index (χ0n) is 13.0. The minimum Gasteiger partial charge on any atom is -0.481 e. The largest absolute Gasteiger partial charge is 0.481 e. The molecule has 0 saturated carbocycles. The number of carboxylic acid groups (broad SMARTS) is 1. The van der Waals surface area contributed by atoms with Crippen molar-refractivity contribution in [1.82, 2.24) is 4.90 Å². The van der Waals surface area contributed by atoms with Crippen molar-refractivity contribution >= 4 is 17.3 Å². The summed E-state index contributed by atoms with van der Waals surface area (Å²) in [6.07, 6.45) is 1.94. The van der Waals surface area contributed by atoms with Crippen molar-refractivity contribution in [2.24, 2.45) is 0 Å². The number of hydrogen-bond acceptors (Lipinski definition) is 3. The number of carbonyl (C=O) groups is 1. The van der Waals surface area contributed by atoms with Crippen LogP contribution in [0.5, 0.6) is 0 Å². The van der Waals surface area contributed by atoms with E-state index in [-0.39, 0.29) is 6.42 Å².